The van der Waals surface area contributed by atoms with Gasteiger partial charge in [-0.05, 0) is 36.8 Å². The summed E-state index contributed by atoms with van der Waals surface area (Å²) >= 11 is 1.24. The van der Waals surface area contributed by atoms with Gasteiger partial charge in [0.15, 0.2) is 0 Å². The largest absolute Gasteiger partial charge is 0.330 e. The molecule has 90 valence electrons. The van der Waals surface area contributed by atoms with Crippen LogP contribution in [0.2, 0.25) is 0 Å². The molecule has 0 radical (unpaired) electrons. The second-order valence-electron chi connectivity index (χ2n) is 4.09. The first-order valence-corrected chi connectivity index (χ1v) is 7.75. The normalized spacial score (nSPS) is 26.1. The van der Waals surface area contributed by atoms with E-state index < -0.39 is 10.0 Å². The van der Waals surface area contributed by atoms with E-state index in [0.717, 1.165) is 19.3 Å². The van der Waals surface area contributed by atoms with Gasteiger partial charge in [0.05, 0.1) is 0 Å². The minimum absolute atomic E-state index is 0.0112. The molecule has 2 rings (SSSR count). The molecule has 1 aliphatic rings. The summed E-state index contributed by atoms with van der Waals surface area (Å²) in [6, 6.07) is 3.38. The van der Waals surface area contributed by atoms with Crippen LogP contribution in [0.4, 0.5) is 0 Å². The summed E-state index contributed by atoms with van der Waals surface area (Å²) in [5, 5.41) is 1.77. The van der Waals surface area contributed by atoms with Crippen molar-refractivity contribution in [2.24, 2.45) is 11.7 Å². The number of sulfonamides is 1. The maximum absolute atomic E-state index is 12.0. The molecule has 3 N–H and O–H groups in total. The standard InChI is InChI=1S/C10H16N2O2S2/c11-7-8-3-1-4-9(8)12-16(13,14)10-5-2-6-15-10/h2,5-6,8-9,12H,1,3-4,7,11H2. The third-order valence-electron chi connectivity index (χ3n) is 3.03. The van der Waals surface area contributed by atoms with Crippen LogP contribution in [0.5, 0.6) is 0 Å². The minimum Gasteiger partial charge on any atom is -0.330 e. The van der Waals surface area contributed by atoms with Gasteiger partial charge in [-0.15, -0.1) is 11.3 Å². The molecule has 2 unspecified atom stereocenters. The van der Waals surface area contributed by atoms with Crippen molar-refractivity contribution in [3.8, 4) is 0 Å². The lowest BCUT2D eigenvalue weighted by Crippen LogP contribution is -2.39. The molecule has 0 aliphatic heterocycles. The van der Waals surface area contributed by atoms with Gasteiger partial charge >= 0.3 is 0 Å². The second-order valence-corrected chi connectivity index (χ2v) is 6.98. The highest BCUT2D eigenvalue weighted by molar-refractivity contribution is 7.91. The minimum atomic E-state index is -3.33. The van der Waals surface area contributed by atoms with Crippen molar-refractivity contribution in [3.05, 3.63) is 17.5 Å². The van der Waals surface area contributed by atoms with E-state index in [1.807, 2.05) is 0 Å². The maximum atomic E-state index is 12.0. The predicted molar refractivity (Wildman–Crippen MR) is 64.8 cm³/mol. The summed E-state index contributed by atoms with van der Waals surface area (Å²) in [4.78, 5) is 0. The average molecular weight is 260 g/mol. The molecule has 0 spiro atoms. The van der Waals surface area contributed by atoms with Crippen LogP contribution in [0.1, 0.15) is 19.3 Å². The Bertz CT molecular complexity index is 428. The number of hydrogen-bond acceptors (Lipinski definition) is 4. The van der Waals surface area contributed by atoms with Crippen molar-refractivity contribution < 1.29 is 8.42 Å². The Hall–Kier alpha value is -0.430. The van der Waals surface area contributed by atoms with Crippen LogP contribution in [0.15, 0.2) is 21.7 Å². The molecule has 16 heavy (non-hydrogen) atoms. The highest BCUT2D eigenvalue weighted by atomic mass is 32.2. The topological polar surface area (TPSA) is 72.2 Å². The fourth-order valence-electron chi connectivity index (χ4n) is 2.15. The predicted octanol–water partition coefficient (Wildman–Crippen LogP) is 1.15. The van der Waals surface area contributed by atoms with E-state index >= 15 is 0 Å². The lowest BCUT2D eigenvalue weighted by Gasteiger charge is -2.18. The van der Waals surface area contributed by atoms with Crippen LogP contribution >= 0.6 is 11.3 Å². The molecule has 2 atom stereocenters. The number of rotatable bonds is 4. The van der Waals surface area contributed by atoms with E-state index in [4.69, 9.17) is 5.73 Å². The van der Waals surface area contributed by atoms with E-state index in [1.54, 1.807) is 17.5 Å². The van der Waals surface area contributed by atoms with Gasteiger partial charge < -0.3 is 5.73 Å². The zero-order chi connectivity index (χ0) is 11.6. The smallest absolute Gasteiger partial charge is 0.250 e. The van der Waals surface area contributed by atoms with Crippen LogP contribution in [-0.2, 0) is 10.0 Å². The van der Waals surface area contributed by atoms with Crippen molar-refractivity contribution in [1.29, 1.82) is 0 Å². The van der Waals surface area contributed by atoms with Gasteiger partial charge in [0.2, 0.25) is 10.0 Å². The van der Waals surface area contributed by atoms with Crippen molar-refractivity contribution >= 4 is 21.4 Å². The molecule has 0 bridgehead atoms. The number of nitrogens with two attached hydrogens (primary N) is 1. The highest BCUT2D eigenvalue weighted by Crippen LogP contribution is 2.26. The van der Waals surface area contributed by atoms with E-state index in [9.17, 15) is 8.42 Å². The molecule has 1 saturated carbocycles. The Balaban J connectivity index is 2.10. The van der Waals surface area contributed by atoms with Gasteiger partial charge in [-0.2, -0.15) is 0 Å². The average Bonchev–Trinajstić information content (AvgIpc) is 2.86. The fraction of sp³-hybridized carbons (Fsp3) is 0.600. The van der Waals surface area contributed by atoms with E-state index in [1.165, 1.54) is 11.3 Å². The lowest BCUT2D eigenvalue weighted by molar-refractivity contribution is 0.453. The summed E-state index contributed by atoms with van der Waals surface area (Å²) in [5.74, 6) is 0.287. The number of thiophene rings is 1. The summed E-state index contributed by atoms with van der Waals surface area (Å²) < 4.78 is 27.1. The fourth-order valence-corrected chi connectivity index (χ4v) is 4.50. The third-order valence-corrected chi connectivity index (χ3v) is 5.92. The molecular weight excluding hydrogens is 244 g/mol. The summed E-state index contributed by atoms with van der Waals surface area (Å²) in [6.45, 7) is 0.553. The summed E-state index contributed by atoms with van der Waals surface area (Å²) in [7, 11) is -3.33. The van der Waals surface area contributed by atoms with E-state index in [-0.39, 0.29) is 12.0 Å². The zero-order valence-corrected chi connectivity index (χ0v) is 10.6. The second kappa shape index (κ2) is 4.83. The van der Waals surface area contributed by atoms with Crippen molar-refractivity contribution in [2.75, 3.05) is 6.54 Å². The Morgan fingerprint density at radius 1 is 1.50 bits per heavy atom. The molecule has 0 amide bonds. The summed E-state index contributed by atoms with van der Waals surface area (Å²) in [6.07, 6.45) is 2.97. The first-order chi connectivity index (χ1) is 7.63. The molecule has 1 fully saturated rings. The Morgan fingerprint density at radius 3 is 2.94 bits per heavy atom. The Labute approximate surface area is 99.9 Å². The van der Waals surface area contributed by atoms with Crippen molar-refractivity contribution in [1.82, 2.24) is 4.72 Å². The van der Waals surface area contributed by atoms with Crippen molar-refractivity contribution in [3.63, 3.8) is 0 Å². The van der Waals surface area contributed by atoms with Crippen LogP contribution in [0.25, 0.3) is 0 Å². The van der Waals surface area contributed by atoms with Gasteiger partial charge in [0.25, 0.3) is 0 Å². The lowest BCUT2D eigenvalue weighted by atomic mass is 10.1. The maximum Gasteiger partial charge on any atom is 0.250 e. The molecule has 1 aromatic rings. The summed E-state index contributed by atoms with van der Waals surface area (Å²) in [5.41, 5.74) is 5.63. The third kappa shape index (κ3) is 2.45. The monoisotopic (exact) mass is 260 g/mol. The van der Waals surface area contributed by atoms with Crippen molar-refractivity contribution in [2.45, 2.75) is 29.5 Å². The molecular formula is C10H16N2O2S2. The number of hydrogen-bond donors (Lipinski definition) is 2. The van der Waals surface area contributed by atoms with Gasteiger partial charge in [-0.25, -0.2) is 13.1 Å². The van der Waals surface area contributed by atoms with Gasteiger partial charge in [0.1, 0.15) is 4.21 Å². The molecule has 1 aliphatic carbocycles. The van der Waals surface area contributed by atoms with E-state index in [0.29, 0.717) is 10.8 Å². The zero-order valence-electron chi connectivity index (χ0n) is 8.93. The van der Waals surface area contributed by atoms with Crippen LogP contribution in [0, 0.1) is 5.92 Å². The quantitative estimate of drug-likeness (QED) is 0.853. The Morgan fingerprint density at radius 2 is 2.31 bits per heavy atom. The number of nitrogens with one attached hydrogen (secondary N) is 1. The first kappa shape index (κ1) is 12.0. The van der Waals surface area contributed by atoms with Gasteiger partial charge in [-0.1, -0.05) is 12.5 Å². The highest BCUT2D eigenvalue weighted by Gasteiger charge is 2.30. The SMILES string of the molecule is NCC1CCCC1NS(=O)(=O)c1cccs1. The van der Waals surface area contributed by atoms with Crippen LogP contribution < -0.4 is 10.5 Å². The first-order valence-electron chi connectivity index (χ1n) is 5.39. The van der Waals surface area contributed by atoms with Gasteiger partial charge in [0, 0.05) is 6.04 Å². The molecule has 4 nitrogen and oxygen atoms in total. The molecule has 6 heteroatoms. The molecule has 1 heterocycles. The van der Waals surface area contributed by atoms with E-state index in [2.05, 4.69) is 4.72 Å². The van der Waals surface area contributed by atoms with Gasteiger partial charge in [-0.3, -0.25) is 0 Å². The molecule has 0 aromatic carbocycles. The molecule has 1 aromatic heterocycles. The molecule has 0 saturated heterocycles. The van der Waals surface area contributed by atoms with Crippen LogP contribution in [0.3, 0.4) is 0 Å². The van der Waals surface area contributed by atoms with Crippen LogP contribution in [-0.4, -0.2) is 21.0 Å². The Kier molecular flexibility index (Phi) is 3.63.